The molecule has 0 aromatic heterocycles. The molecule has 2 heterocycles. The van der Waals surface area contributed by atoms with E-state index in [1.807, 2.05) is 0 Å². The number of carbonyl (C=O) groups is 2. The third-order valence-electron chi connectivity index (χ3n) is 4.08. The van der Waals surface area contributed by atoms with E-state index < -0.39 is 11.9 Å². The number of hydrogen-bond acceptors (Lipinski definition) is 8. The molecule has 2 rings (SSSR count). The van der Waals surface area contributed by atoms with Crippen LogP contribution in [-0.2, 0) is 28.5 Å². The van der Waals surface area contributed by atoms with Crippen molar-refractivity contribution in [3.8, 4) is 0 Å². The topological polar surface area (TPSA) is 77.5 Å². The molecule has 8 nitrogen and oxygen atoms in total. The lowest BCUT2D eigenvalue weighted by Gasteiger charge is -2.26. The standard InChI is InChI=1S/C17H28N2O6/c20-16(24-10-1-4-18-5-11-22-12-6-18)2-3-17(21)25-15-9-19-7-13-23-14-8-19/h2-3H,1,4-15H2/b3-2+. The van der Waals surface area contributed by atoms with E-state index in [0.29, 0.717) is 33.0 Å². The van der Waals surface area contributed by atoms with Crippen molar-refractivity contribution >= 4 is 11.9 Å². The van der Waals surface area contributed by atoms with Gasteiger partial charge in [-0.25, -0.2) is 9.59 Å². The van der Waals surface area contributed by atoms with Gasteiger partial charge in [0, 0.05) is 51.4 Å². The highest BCUT2D eigenvalue weighted by molar-refractivity contribution is 5.91. The lowest BCUT2D eigenvalue weighted by atomic mass is 10.3. The van der Waals surface area contributed by atoms with Gasteiger partial charge in [0.2, 0.25) is 0 Å². The number of nitrogens with zero attached hydrogens (tertiary/aromatic N) is 2. The highest BCUT2D eigenvalue weighted by atomic mass is 16.5. The first kappa shape index (κ1) is 19.8. The van der Waals surface area contributed by atoms with Crippen LogP contribution in [0.5, 0.6) is 0 Å². The SMILES string of the molecule is O=C(/C=C/C(=O)OCCN1CCOCC1)OCCCN1CCOCC1. The predicted octanol–water partition coefficient (Wildman–Crippen LogP) is -0.316. The Morgan fingerprint density at radius 3 is 1.80 bits per heavy atom. The Morgan fingerprint density at radius 2 is 1.24 bits per heavy atom. The average molecular weight is 356 g/mol. The first-order valence-electron chi connectivity index (χ1n) is 8.86. The number of esters is 2. The molecule has 0 saturated carbocycles. The van der Waals surface area contributed by atoms with Crippen molar-refractivity contribution in [3.05, 3.63) is 12.2 Å². The van der Waals surface area contributed by atoms with Crippen molar-refractivity contribution in [1.29, 1.82) is 0 Å². The molecule has 0 aromatic rings. The molecule has 8 heteroatoms. The Balaban J connectivity index is 1.47. The largest absolute Gasteiger partial charge is 0.462 e. The summed E-state index contributed by atoms with van der Waals surface area (Å²) in [6, 6.07) is 0. The van der Waals surface area contributed by atoms with Gasteiger partial charge >= 0.3 is 11.9 Å². The van der Waals surface area contributed by atoms with Gasteiger partial charge < -0.3 is 18.9 Å². The van der Waals surface area contributed by atoms with Crippen LogP contribution in [0, 0.1) is 0 Å². The number of ether oxygens (including phenoxy) is 4. The smallest absolute Gasteiger partial charge is 0.331 e. The summed E-state index contributed by atoms with van der Waals surface area (Å²) in [7, 11) is 0. The van der Waals surface area contributed by atoms with Crippen LogP contribution in [0.4, 0.5) is 0 Å². The molecule has 0 atom stereocenters. The predicted molar refractivity (Wildman–Crippen MR) is 90.2 cm³/mol. The van der Waals surface area contributed by atoms with Gasteiger partial charge in [-0.1, -0.05) is 0 Å². The summed E-state index contributed by atoms with van der Waals surface area (Å²) in [5.41, 5.74) is 0. The first-order valence-corrected chi connectivity index (χ1v) is 8.86. The van der Waals surface area contributed by atoms with Crippen LogP contribution in [0.15, 0.2) is 12.2 Å². The molecule has 0 unspecified atom stereocenters. The molecule has 2 fully saturated rings. The van der Waals surface area contributed by atoms with Crippen LogP contribution in [0.25, 0.3) is 0 Å². The van der Waals surface area contributed by atoms with E-state index in [0.717, 1.165) is 64.5 Å². The summed E-state index contributed by atoms with van der Waals surface area (Å²) in [5.74, 6) is -1.05. The second kappa shape index (κ2) is 12.0. The third kappa shape index (κ3) is 8.97. The van der Waals surface area contributed by atoms with Gasteiger partial charge in [0.05, 0.1) is 33.0 Å². The molecule has 142 valence electrons. The van der Waals surface area contributed by atoms with E-state index in [2.05, 4.69) is 9.80 Å². The second-order valence-electron chi connectivity index (χ2n) is 5.93. The maximum atomic E-state index is 11.5. The van der Waals surface area contributed by atoms with E-state index >= 15 is 0 Å². The van der Waals surface area contributed by atoms with Gasteiger partial charge in [0.15, 0.2) is 0 Å². The zero-order valence-corrected chi connectivity index (χ0v) is 14.7. The summed E-state index contributed by atoms with van der Waals surface area (Å²) in [4.78, 5) is 27.5. The minimum absolute atomic E-state index is 0.303. The molecule has 0 amide bonds. The molecule has 2 aliphatic rings. The Labute approximate surface area is 148 Å². The fourth-order valence-electron chi connectivity index (χ4n) is 2.62. The van der Waals surface area contributed by atoms with Gasteiger partial charge in [-0.15, -0.1) is 0 Å². The second-order valence-corrected chi connectivity index (χ2v) is 5.93. The van der Waals surface area contributed by atoms with Gasteiger partial charge in [-0.3, -0.25) is 9.80 Å². The van der Waals surface area contributed by atoms with Crippen LogP contribution in [-0.4, -0.2) is 101 Å². The van der Waals surface area contributed by atoms with Crippen LogP contribution < -0.4 is 0 Å². The quantitative estimate of drug-likeness (QED) is 0.316. The molecule has 25 heavy (non-hydrogen) atoms. The maximum absolute atomic E-state index is 11.5. The minimum Gasteiger partial charge on any atom is -0.462 e. The van der Waals surface area contributed by atoms with Gasteiger partial charge in [-0.2, -0.15) is 0 Å². The van der Waals surface area contributed by atoms with Crippen molar-refractivity contribution in [2.75, 3.05) is 78.9 Å². The number of morpholine rings is 2. The Kier molecular flexibility index (Phi) is 9.50. The molecule has 2 aliphatic heterocycles. The average Bonchev–Trinajstić information content (AvgIpc) is 2.65. The van der Waals surface area contributed by atoms with Crippen molar-refractivity contribution < 1.29 is 28.5 Å². The molecule has 2 saturated heterocycles. The molecular weight excluding hydrogens is 328 g/mol. The first-order chi connectivity index (χ1) is 12.2. The molecule has 0 N–H and O–H groups in total. The number of rotatable bonds is 9. The van der Waals surface area contributed by atoms with Crippen molar-refractivity contribution in [3.63, 3.8) is 0 Å². The van der Waals surface area contributed by atoms with Gasteiger partial charge in [0.25, 0.3) is 0 Å². The zero-order chi connectivity index (χ0) is 17.7. The fraction of sp³-hybridized carbons (Fsp3) is 0.765. The lowest BCUT2D eigenvalue weighted by molar-refractivity contribution is -0.141. The van der Waals surface area contributed by atoms with E-state index in [1.54, 1.807) is 0 Å². The summed E-state index contributed by atoms with van der Waals surface area (Å²) in [6.07, 6.45) is 3.00. The molecule has 0 aromatic carbocycles. The summed E-state index contributed by atoms with van der Waals surface area (Å²) < 4.78 is 20.7. The Morgan fingerprint density at radius 1 is 0.760 bits per heavy atom. The zero-order valence-electron chi connectivity index (χ0n) is 14.7. The highest BCUT2D eigenvalue weighted by Gasteiger charge is 2.11. The number of hydrogen-bond donors (Lipinski definition) is 0. The van der Waals surface area contributed by atoms with E-state index in [1.165, 1.54) is 0 Å². The van der Waals surface area contributed by atoms with Gasteiger partial charge in [-0.05, 0) is 6.42 Å². The third-order valence-corrected chi connectivity index (χ3v) is 4.08. The van der Waals surface area contributed by atoms with Crippen molar-refractivity contribution in [2.24, 2.45) is 0 Å². The highest BCUT2D eigenvalue weighted by Crippen LogP contribution is 1.99. The summed E-state index contributed by atoms with van der Waals surface area (Å²) in [6.45, 7) is 8.69. The fourth-order valence-corrected chi connectivity index (χ4v) is 2.62. The van der Waals surface area contributed by atoms with Crippen molar-refractivity contribution in [1.82, 2.24) is 9.80 Å². The minimum atomic E-state index is -0.529. The summed E-state index contributed by atoms with van der Waals surface area (Å²) in [5, 5.41) is 0. The number of carbonyl (C=O) groups excluding carboxylic acids is 2. The molecule has 0 radical (unpaired) electrons. The summed E-state index contributed by atoms with van der Waals surface area (Å²) >= 11 is 0. The molecule has 0 spiro atoms. The molecule has 0 aliphatic carbocycles. The van der Waals surface area contributed by atoms with Crippen molar-refractivity contribution in [2.45, 2.75) is 6.42 Å². The van der Waals surface area contributed by atoms with Gasteiger partial charge in [0.1, 0.15) is 6.61 Å². The normalized spacial score (nSPS) is 19.8. The maximum Gasteiger partial charge on any atom is 0.331 e. The van der Waals surface area contributed by atoms with E-state index in [-0.39, 0.29) is 0 Å². The lowest BCUT2D eigenvalue weighted by Crippen LogP contribution is -2.38. The van der Waals surface area contributed by atoms with E-state index in [4.69, 9.17) is 18.9 Å². The van der Waals surface area contributed by atoms with Crippen LogP contribution >= 0.6 is 0 Å². The van der Waals surface area contributed by atoms with Crippen LogP contribution in [0.3, 0.4) is 0 Å². The Bertz CT molecular complexity index is 431. The Hall–Kier alpha value is -1.48. The van der Waals surface area contributed by atoms with Crippen LogP contribution in [0.1, 0.15) is 6.42 Å². The van der Waals surface area contributed by atoms with E-state index in [9.17, 15) is 9.59 Å². The van der Waals surface area contributed by atoms with Crippen LogP contribution in [0.2, 0.25) is 0 Å². The molecular formula is C17H28N2O6. The monoisotopic (exact) mass is 356 g/mol. The molecule has 0 bridgehead atoms.